The van der Waals surface area contributed by atoms with Crippen molar-refractivity contribution in [3.05, 3.63) is 53.1 Å². The van der Waals surface area contributed by atoms with Gasteiger partial charge in [0.2, 0.25) is 0 Å². The summed E-state index contributed by atoms with van der Waals surface area (Å²) in [6, 6.07) is 10.3. The summed E-state index contributed by atoms with van der Waals surface area (Å²) in [4.78, 5) is 24.4. The number of rotatable bonds is 11. The minimum absolute atomic E-state index is 0.00116. The van der Waals surface area contributed by atoms with Crippen molar-refractivity contribution in [1.82, 2.24) is 0 Å². The van der Waals surface area contributed by atoms with E-state index < -0.39 is 5.97 Å². The zero-order valence-electron chi connectivity index (χ0n) is 19.1. The summed E-state index contributed by atoms with van der Waals surface area (Å²) in [5.41, 5.74) is 1.56. The van der Waals surface area contributed by atoms with Crippen molar-refractivity contribution >= 4 is 11.8 Å². The molecule has 0 aliphatic heterocycles. The number of hydrogen-bond acceptors (Lipinski definition) is 5. The summed E-state index contributed by atoms with van der Waals surface area (Å²) >= 11 is 0. The maximum absolute atomic E-state index is 13.3. The topological polar surface area (TPSA) is 82.1 Å². The van der Waals surface area contributed by atoms with Crippen molar-refractivity contribution in [3.63, 3.8) is 0 Å². The molecule has 0 saturated carbocycles. The van der Waals surface area contributed by atoms with Crippen molar-refractivity contribution in [2.75, 3.05) is 0 Å². The lowest BCUT2D eigenvalue weighted by Crippen LogP contribution is -2.13. The van der Waals surface area contributed by atoms with E-state index in [1.54, 1.807) is 36.4 Å². The van der Waals surface area contributed by atoms with Gasteiger partial charge in [0.1, 0.15) is 17.2 Å². The summed E-state index contributed by atoms with van der Waals surface area (Å²) in [7, 11) is 0. The van der Waals surface area contributed by atoms with Crippen LogP contribution in [0.3, 0.4) is 0 Å². The van der Waals surface area contributed by atoms with Crippen molar-refractivity contribution in [2.45, 2.75) is 72.7 Å². The number of carbonyl (C=O) groups excluding carboxylic acids is 1. The fourth-order valence-corrected chi connectivity index (χ4v) is 3.07. The molecule has 0 radical (unpaired) electrons. The van der Waals surface area contributed by atoms with Crippen LogP contribution in [0.2, 0.25) is 0 Å². The largest absolute Gasteiger partial charge is 0.491 e. The lowest BCUT2D eigenvalue weighted by Gasteiger charge is -2.18. The van der Waals surface area contributed by atoms with Gasteiger partial charge in [-0.15, -0.1) is 0 Å². The molecule has 0 saturated heterocycles. The van der Waals surface area contributed by atoms with Crippen LogP contribution in [0.5, 0.6) is 17.2 Å². The Bertz CT molecular complexity index is 914. The van der Waals surface area contributed by atoms with Gasteiger partial charge in [0.05, 0.1) is 23.9 Å². The maximum Gasteiger partial charge on any atom is 0.303 e. The van der Waals surface area contributed by atoms with Gasteiger partial charge >= 0.3 is 5.97 Å². The van der Waals surface area contributed by atoms with Gasteiger partial charge in [-0.1, -0.05) is 0 Å². The smallest absolute Gasteiger partial charge is 0.303 e. The minimum Gasteiger partial charge on any atom is -0.491 e. The second kappa shape index (κ2) is 10.8. The molecule has 0 heterocycles. The highest BCUT2D eigenvalue weighted by atomic mass is 16.5. The lowest BCUT2D eigenvalue weighted by atomic mass is 9.98. The molecule has 0 spiro atoms. The van der Waals surface area contributed by atoms with Crippen LogP contribution in [0.4, 0.5) is 0 Å². The normalized spacial score (nSPS) is 11.1. The van der Waals surface area contributed by atoms with E-state index in [1.807, 2.05) is 41.5 Å². The molecule has 0 amide bonds. The number of benzene rings is 2. The Morgan fingerprint density at radius 1 is 0.806 bits per heavy atom. The third-order valence-corrected chi connectivity index (χ3v) is 4.23. The number of carboxylic acids is 1. The fourth-order valence-electron chi connectivity index (χ4n) is 3.07. The first-order valence-corrected chi connectivity index (χ1v) is 10.6. The number of ether oxygens (including phenoxy) is 3. The third-order valence-electron chi connectivity index (χ3n) is 4.23. The molecule has 2 aromatic carbocycles. The Morgan fingerprint density at radius 3 is 2.00 bits per heavy atom. The molecule has 0 fully saturated rings. The van der Waals surface area contributed by atoms with E-state index in [9.17, 15) is 9.59 Å². The van der Waals surface area contributed by atoms with Gasteiger partial charge in [0.15, 0.2) is 5.78 Å². The second-order valence-corrected chi connectivity index (χ2v) is 8.20. The molecule has 0 aliphatic carbocycles. The Hall–Kier alpha value is -3.02. The van der Waals surface area contributed by atoms with Gasteiger partial charge in [-0.25, -0.2) is 0 Å². The van der Waals surface area contributed by atoms with E-state index in [1.165, 1.54) is 0 Å². The van der Waals surface area contributed by atoms with Crippen LogP contribution >= 0.6 is 0 Å². The SMILES string of the molecule is CC(C)Oc1ccc(C(=O)c2ccc(OC(C)C)c(CCC(=O)O)c2)c(OC(C)C)c1. The fraction of sp³-hybridized carbons (Fsp3) is 0.440. The zero-order chi connectivity index (χ0) is 23.1. The van der Waals surface area contributed by atoms with Crippen LogP contribution in [0.25, 0.3) is 0 Å². The Balaban J connectivity index is 2.44. The van der Waals surface area contributed by atoms with E-state index in [4.69, 9.17) is 19.3 Å². The van der Waals surface area contributed by atoms with E-state index in [-0.39, 0.29) is 36.9 Å². The molecule has 6 nitrogen and oxygen atoms in total. The summed E-state index contributed by atoms with van der Waals surface area (Å²) in [6.45, 7) is 11.5. The Labute approximate surface area is 184 Å². The summed E-state index contributed by atoms with van der Waals surface area (Å²) in [5.74, 6) is 0.560. The molecule has 2 rings (SSSR count). The molecule has 6 heteroatoms. The average molecular weight is 429 g/mol. The molecule has 2 aromatic rings. The first-order valence-electron chi connectivity index (χ1n) is 10.6. The van der Waals surface area contributed by atoms with Gasteiger partial charge in [-0.05, 0) is 83.9 Å². The van der Waals surface area contributed by atoms with Crippen molar-refractivity contribution in [1.29, 1.82) is 0 Å². The quantitative estimate of drug-likeness (QED) is 0.489. The molecule has 31 heavy (non-hydrogen) atoms. The summed E-state index contributed by atoms with van der Waals surface area (Å²) in [5, 5.41) is 9.08. The third kappa shape index (κ3) is 7.31. The van der Waals surface area contributed by atoms with E-state index >= 15 is 0 Å². The Morgan fingerprint density at radius 2 is 1.42 bits per heavy atom. The molecule has 0 aliphatic rings. The van der Waals surface area contributed by atoms with Gasteiger partial charge < -0.3 is 19.3 Å². The van der Waals surface area contributed by atoms with Crippen LogP contribution in [0.15, 0.2) is 36.4 Å². The molecular weight excluding hydrogens is 396 g/mol. The molecule has 1 N–H and O–H groups in total. The molecular formula is C25H32O6. The van der Waals surface area contributed by atoms with E-state index in [0.717, 1.165) is 0 Å². The van der Waals surface area contributed by atoms with E-state index in [0.29, 0.717) is 33.9 Å². The highest BCUT2D eigenvalue weighted by Gasteiger charge is 2.19. The maximum atomic E-state index is 13.3. The standard InChI is InChI=1S/C25H32O6/c1-15(2)29-20-9-10-21(23(14-20)31-17(5)6)25(28)19-7-11-22(30-16(3)4)18(13-19)8-12-24(26)27/h7,9-11,13-17H,8,12H2,1-6H3,(H,26,27). The first-order chi connectivity index (χ1) is 14.6. The second-order valence-electron chi connectivity index (χ2n) is 8.20. The van der Waals surface area contributed by atoms with E-state index in [2.05, 4.69) is 0 Å². The van der Waals surface area contributed by atoms with Gasteiger partial charge in [-0.2, -0.15) is 0 Å². The van der Waals surface area contributed by atoms with Crippen LogP contribution in [-0.4, -0.2) is 35.2 Å². The lowest BCUT2D eigenvalue weighted by molar-refractivity contribution is -0.136. The van der Waals surface area contributed by atoms with Crippen molar-refractivity contribution in [2.24, 2.45) is 0 Å². The molecule has 168 valence electrons. The molecule has 0 aromatic heterocycles. The number of carboxylic acid groups (broad SMARTS) is 1. The Kier molecular flexibility index (Phi) is 8.48. The predicted octanol–water partition coefficient (Wildman–Crippen LogP) is 5.30. The number of carbonyl (C=O) groups is 2. The molecule has 0 atom stereocenters. The summed E-state index contributed by atoms with van der Waals surface area (Å²) in [6.07, 6.45) is 0.0431. The number of aliphatic carboxylic acids is 1. The number of hydrogen-bond donors (Lipinski definition) is 1. The highest BCUT2D eigenvalue weighted by molar-refractivity contribution is 6.11. The predicted molar refractivity (Wildman–Crippen MR) is 120 cm³/mol. The summed E-state index contributed by atoms with van der Waals surface area (Å²) < 4.78 is 17.4. The zero-order valence-corrected chi connectivity index (χ0v) is 19.1. The first kappa shape index (κ1) is 24.3. The number of aryl methyl sites for hydroxylation is 1. The van der Waals surface area contributed by atoms with Gasteiger partial charge in [0.25, 0.3) is 0 Å². The monoisotopic (exact) mass is 428 g/mol. The minimum atomic E-state index is -0.902. The highest BCUT2D eigenvalue weighted by Crippen LogP contribution is 2.30. The average Bonchev–Trinajstić information content (AvgIpc) is 2.65. The van der Waals surface area contributed by atoms with Crippen LogP contribution < -0.4 is 14.2 Å². The van der Waals surface area contributed by atoms with Crippen LogP contribution in [-0.2, 0) is 11.2 Å². The van der Waals surface area contributed by atoms with Crippen molar-refractivity contribution < 1.29 is 28.9 Å². The molecule has 0 bridgehead atoms. The van der Waals surface area contributed by atoms with Crippen LogP contribution in [0, 0.1) is 0 Å². The van der Waals surface area contributed by atoms with Crippen LogP contribution in [0.1, 0.15) is 69.4 Å². The van der Waals surface area contributed by atoms with Gasteiger partial charge in [-0.3, -0.25) is 9.59 Å². The molecule has 0 unspecified atom stereocenters. The van der Waals surface area contributed by atoms with Crippen molar-refractivity contribution in [3.8, 4) is 17.2 Å². The number of ketones is 1. The van der Waals surface area contributed by atoms with Gasteiger partial charge in [0, 0.05) is 18.1 Å².